The number of benzene rings is 1. The van der Waals surface area contributed by atoms with E-state index in [2.05, 4.69) is 18.8 Å². The van der Waals surface area contributed by atoms with E-state index in [-0.39, 0.29) is 0 Å². The van der Waals surface area contributed by atoms with Crippen molar-refractivity contribution in [2.75, 3.05) is 11.9 Å². The smallest absolute Gasteiger partial charge is 0.0640 e. The highest BCUT2D eigenvalue weighted by Gasteiger charge is 2.02. The Morgan fingerprint density at radius 3 is 2.79 bits per heavy atom. The molecule has 1 aromatic carbocycles. The van der Waals surface area contributed by atoms with Gasteiger partial charge in [0.2, 0.25) is 0 Å². The highest BCUT2D eigenvalue weighted by atomic mass is 35.5. The molecule has 0 aliphatic heterocycles. The van der Waals surface area contributed by atoms with Gasteiger partial charge in [0.25, 0.3) is 0 Å². The molecule has 0 saturated heterocycles. The van der Waals surface area contributed by atoms with E-state index in [1.807, 2.05) is 25.1 Å². The third-order valence-electron chi connectivity index (χ3n) is 2.24. The zero-order valence-corrected chi connectivity index (χ0v) is 9.49. The molecule has 1 nitrogen and oxygen atoms in total. The predicted octanol–water partition coefficient (Wildman–Crippen LogP) is 4.03. The van der Waals surface area contributed by atoms with Crippen LogP contribution in [0.4, 0.5) is 5.69 Å². The summed E-state index contributed by atoms with van der Waals surface area (Å²) in [6, 6.07) is 5.89. The van der Waals surface area contributed by atoms with Crippen LogP contribution >= 0.6 is 11.6 Å². The van der Waals surface area contributed by atoms with Crippen LogP contribution in [0.15, 0.2) is 30.4 Å². The first kappa shape index (κ1) is 11.1. The molecule has 0 atom stereocenters. The van der Waals surface area contributed by atoms with Gasteiger partial charge in [0.05, 0.1) is 10.7 Å². The van der Waals surface area contributed by atoms with Crippen LogP contribution in [0.5, 0.6) is 0 Å². The molecule has 0 aliphatic rings. The minimum absolute atomic E-state index is 0.772. The molecule has 0 aliphatic carbocycles. The van der Waals surface area contributed by atoms with Crippen LogP contribution in [-0.2, 0) is 0 Å². The number of halogens is 1. The molecular formula is C12H16ClN. The van der Waals surface area contributed by atoms with Crippen LogP contribution in [0.3, 0.4) is 0 Å². The molecule has 0 unspecified atom stereocenters. The van der Waals surface area contributed by atoms with E-state index < -0.39 is 0 Å². The van der Waals surface area contributed by atoms with Crippen molar-refractivity contribution < 1.29 is 0 Å². The summed E-state index contributed by atoms with van der Waals surface area (Å²) in [5.74, 6) is 0. The van der Waals surface area contributed by atoms with Crippen molar-refractivity contribution in [1.82, 2.24) is 0 Å². The molecule has 1 N–H and O–H groups in total. The zero-order valence-electron chi connectivity index (χ0n) is 8.73. The van der Waals surface area contributed by atoms with Crippen molar-refractivity contribution in [2.24, 2.45) is 0 Å². The summed E-state index contributed by atoms with van der Waals surface area (Å²) in [6.07, 6.45) is 0.997. The van der Waals surface area contributed by atoms with Gasteiger partial charge in [0, 0.05) is 6.54 Å². The lowest BCUT2D eigenvalue weighted by molar-refractivity contribution is 1.05. The lowest BCUT2D eigenvalue weighted by atomic mass is 10.2. The molecule has 0 aromatic heterocycles. The Morgan fingerprint density at radius 2 is 2.21 bits per heavy atom. The number of anilines is 1. The normalized spacial score (nSPS) is 9.93. The second kappa shape index (κ2) is 5.06. The highest BCUT2D eigenvalue weighted by molar-refractivity contribution is 6.33. The average molecular weight is 210 g/mol. The summed E-state index contributed by atoms with van der Waals surface area (Å²) in [5.41, 5.74) is 3.37. The van der Waals surface area contributed by atoms with Crippen LogP contribution in [0.1, 0.15) is 18.9 Å². The van der Waals surface area contributed by atoms with Gasteiger partial charge in [-0.05, 0) is 25.0 Å². The second-order valence-electron chi connectivity index (χ2n) is 3.39. The summed E-state index contributed by atoms with van der Waals surface area (Å²) < 4.78 is 0. The van der Waals surface area contributed by atoms with Crippen molar-refractivity contribution in [3.05, 3.63) is 40.9 Å². The van der Waals surface area contributed by atoms with Crippen LogP contribution in [0.2, 0.25) is 5.02 Å². The second-order valence-corrected chi connectivity index (χ2v) is 3.80. The Hall–Kier alpha value is -0.950. The van der Waals surface area contributed by atoms with Gasteiger partial charge in [-0.15, -0.1) is 0 Å². The molecule has 0 heterocycles. The Bertz CT molecular complexity index is 311. The van der Waals surface area contributed by atoms with E-state index in [1.165, 1.54) is 11.1 Å². The van der Waals surface area contributed by atoms with Crippen molar-refractivity contribution in [1.29, 1.82) is 0 Å². The molecule has 0 radical (unpaired) electrons. The number of hydrogen-bond acceptors (Lipinski definition) is 1. The number of rotatable bonds is 4. The van der Waals surface area contributed by atoms with Crippen molar-refractivity contribution in [2.45, 2.75) is 20.3 Å². The quantitative estimate of drug-likeness (QED) is 0.739. The van der Waals surface area contributed by atoms with Gasteiger partial charge < -0.3 is 5.32 Å². The van der Waals surface area contributed by atoms with Crippen molar-refractivity contribution >= 4 is 17.3 Å². The summed E-state index contributed by atoms with van der Waals surface area (Å²) in [7, 11) is 0. The Labute approximate surface area is 90.8 Å². The third-order valence-corrected chi connectivity index (χ3v) is 2.55. The summed E-state index contributed by atoms with van der Waals surface area (Å²) in [5, 5.41) is 4.07. The van der Waals surface area contributed by atoms with Gasteiger partial charge in [-0.1, -0.05) is 42.8 Å². The van der Waals surface area contributed by atoms with E-state index in [9.17, 15) is 0 Å². The van der Waals surface area contributed by atoms with E-state index in [1.54, 1.807) is 0 Å². The fraction of sp³-hybridized carbons (Fsp3) is 0.333. The van der Waals surface area contributed by atoms with Crippen LogP contribution < -0.4 is 5.32 Å². The molecule has 0 bridgehead atoms. The van der Waals surface area contributed by atoms with Gasteiger partial charge in [-0.2, -0.15) is 0 Å². The Morgan fingerprint density at radius 1 is 1.50 bits per heavy atom. The molecule has 1 rings (SSSR count). The summed E-state index contributed by atoms with van der Waals surface area (Å²) in [6.45, 7) is 8.88. The summed E-state index contributed by atoms with van der Waals surface area (Å²) >= 11 is 6.06. The Kier molecular flexibility index (Phi) is 4.02. The third kappa shape index (κ3) is 2.78. The highest BCUT2D eigenvalue weighted by Crippen LogP contribution is 2.25. The van der Waals surface area contributed by atoms with E-state index >= 15 is 0 Å². The van der Waals surface area contributed by atoms with Crippen molar-refractivity contribution in [3.63, 3.8) is 0 Å². The minimum atomic E-state index is 0.772. The SMILES string of the molecule is C=C(CC)CNc1c(C)cccc1Cl. The first-order valence-corrected chi connectivity index (χ1v) is 5.18. The van der Waals surface area contributed by atoms with Crippen LogP contribution in [0, 0.1) is 6.92 Å². The number of nitrogens with one attached hydrogen (secondary N) is 1. The fourth-order valence-electron chi connectivity index (χ4n) is 1.19. The molecule has 2 heteroatoms. The minimum Gasteiger partial charge on any atom is -0.380 e. The zero-order chi connectivity index (χ0) is 10.6. The molecule has 0 fully saturated rings. The predicted molar refractivity (Wildman–Crippen MR) is 64.1 cm³/mol. The Balaban J connectivity index is 2.71. The molecule has 14 heavy (non-hydrogen) atoms. The summed E-state index contributed by atoms with van der Waals surface area (Å²) in [4.78, 5) is 0. The molecule has 76 valence electrons. The lowest BCUT2D eigenvalue weighted by Crippen LogP contribution is -2.05. The first-order chi connectivity index (χ1) is 6.65. The van der Waals surface area contributed by atoms with Gasteiger partial charge in [-0.25, -0.2) is 0 Å². The molecule has 0 amide bonds. The van der Waals surface area contributed by atoms with E-state index in [0.29, 0.717) is 0 Å². The standard InChI is InChI=1S/C12H16ClN/c1-4-9(2)8-14-12-10(3)6-5-7-11(12)13/h5-7,14H,2,4,8H2,1,3H3. The maximum atomic E-state index is 6.06. The topological polar surface area (TPSA) is 12.0 Å². The molecule has 1 aromatic rings. The van der Waals surface area contributed by atoms with Gasteiger partial charge >= 0.3 is 0 Å². The van der Waals surface area contributed by atoms with Crippen molar-refractivity contribution in [3.8, 4) is 0 Å². The monoisotopic (exact) mass is 209 g/mol. The number of aryl methyl sites for hydroxylation is 1. The van der Waals surface area contributed by atoms with Gasteiger partial charge in [-0.3, -0.25) is 0 Å². The number of hydrogen-bond donors (Lipinski definition) is 1. The van der Waals surface area contributed by atoms with Crippen LogP contribution in [0.25, 0.3) is 0 Å². The lowest BCUT2D eigenvalue weighted by Gasteiger charge is -2.11. The van der Waals surface area contributed by atoms with Gasteiger partial charge in [0.15, 0.2) is 0 Å². The molecular weight excluding hydrogens is 194 g/mol. The molecule has 0 spiro atoms. The maximum Gasteiger partial charge on any atom is 0.0640 e. The first-order valence-electron chi connectivity index (χ1n) is 4.80. The van der Waals surface area contributed by atoms with Crippen LogP contribution in [-0.4, -0.2) is 6.54 Å². The fourth-order valence-corrected chi connectivity index (χ4v) is 1.48. The number of para-hydroxylation sites is 1. The van der Waals surface area contributed by atoms with E-state index in [0.717, 1.165) is 23.7 Å². The molecule has 0 saturated carbocycles. The largest absolute Gasteiger partial charge is 0.380 e. The average Bonchev–Trinajstić information content (AvgIpc) is 2.16. The maximum absolute atomic E-state index is 6.06. The van der Waals surface area contributed by atoms with E-state index in [4.69, 9.17) is 11.6 Å². The van der Waals surface area contributed by atoms with Gasteiger partial charge in [0.1, 0.15) is 0 Å².